The van der Waals surface area contributed by atoms with Gasteiger partial charge in [0.05, 0.1) is 21.3 Å². The summed E-state index contributed by atoms with van der Waals surface area (Å²) in [5.41, 5.74) is 0.452. The topological polar surface area (TPSA) is 56.8 Å². The number of nitrogens with one attached hydrogen (secondary N) is 1. The highest BCUT2D eigenvalue weighted by Crippen LogP contribution is 2.39. The molecule has 1 N–H and O–H groups in total. The van der Waals surface area contributed by atoms with Gasteiger partial charge in [0.15, 0.2) is 0 Å². The standard InChI is InChI=1S/C10H12BrNO4/c1-14-6-4-7(15-2)9(12-10(11)13)8(5-6)16-3/h4-5H,1-3H3,(H,12,13). The van der Waals surface area contributed by atoms with Crippen molar-refractivity contribution < 1.29 is 19.0 Å². The van der Waals surface area contributed by atoms with Gasteiger partial charge in [-0.15, -0.1) is 0 Å². The van der Waals surface area contributed by atoms with Crippen LogP contribution in [0.5, 0.6) is 17.2 Å². The summed E-state index contributed by atoms with van der Waals surface area (Å²) >= 11 is 2.78. The van der Waals surface area contributed by atoms with E-state index >= 15 is 0 Å². The lowest BCUT2D eigenvalue weighted by Crippen LogP contribution is -2.05. The number of anilines is 1. The summed E-state index contributed by atoms with van der Waals surface area (Å²) < 4.78 is 15.3. The summed E-state index contributed by atoms with van der Waals surface area (Å²) in [5.74, 6) is 1.51. The quantitative estimate of drug-likeness (QED) is 0.684. The zero-order chi connectivity index (χ0) is 12.1. The maximum Gasteiger partial charge on any atom is 0.291 e. The van der Waals surface area contributed by atoms with Gasteiger partial charge in [-0.25, -0.2) is 0 Å². The minimum atomic E-state index is -0.380. The van der Waals surface area contributed by atoms with Gasteiger partial charge in [-0.3, -0.25) is 4.79 Å². The molecule has 0 heterocycles. The van der Waals surface area contributed by atoms with Gasteiger partial charge in [-0.05, 0) is 0 Å². The van der Waals surface area contributed by atoms with Crippen LogP contribution in [-0.2, 0) is 0 Å². The van der Waals surface area contributed by atoms with Crippen molar-refractivity contribution in [1.29, 1.82) is 0 Å². The smallest absolute Gasteiger partial charge is 0.291 e. The van der Waals surface area contributed by atoms with Crippen LogP contribution in [0.4, 0.5) is 10.5 Å². The Balaban J connectivity index is 3.25. The highest BCUT2D eigenvalue weighted by atomic mass is 79.9. The van der Waals surface area contributed by atoms with Crippen LogP contribution in [0, 0.1) is 0 Å². The van der Waals surface area contributed by atoms with Crippen molar-refractivity contribution in [3.05, 3.63) is 12.1 Å². The monoisotopic (exact) mass is 289 g/mol. The van der Waals surface area contributed by atoms with Crippen LogP contribution in [0.3, 0.4) is 0 Å². The summed E-state index contributed by atoms with van der Waals surface area (Å²) in [6.07, 6.45) is 0. The first-order valence-electron chi connectivity index (χ1n) is 4.38. The van der Waals surface area contributed by atoms with Crippen molar-refractivity contribution in [2.24, 2.45) is 0 Å². The average molecular weight is 290 g/mol. The van der Waals surface area contributed by atoms with Gasteiger partial charge in [0, 0.05) is 28.1 Å². The number of hydrogen-bond acceptors (Lipinski definition) is 4. The number of carbonyl (C=O) groups is 1. The SMILES string of the molecule is COc1cc(OC)c(NC(=O)Br)c(OC)c1. The van der Waals surface area contributed by atoms with Crippen LogP contribution >= 0.6 is 15.9 Å². The van der Waals surface area contributed by atoms with Gasteiger partial charge >= 0.3 is 0 Å². The first kappa shape index (κ1) is 12.6. The molecule has 6 heteroatoms. The van der Waals surface area contributed by atoms with Crippen LogP contribution in [0.15, 0.2) is 12.1 Å². The largest absolute Gasteiger partial charge is 0.496 e. The molecule has 0 unspecified atom stereocenters. The molecule has 16 heavy (non-hydrogen) atoms. The first-order chi connectivity index (χ1) is 7.62. The van der Waals surface area contributed by atoms with Crippen molar-refractivity contribution in [3.8, 4) is 17.2 Å². The number of halogens is 1. The molecule has 0 aromatic heterocycles. The van der Waals surface area contributed by atoms with E-state index in [1.165, 1.54) is 21.3 Å². The second-order valence-electron chi connectivity index (χ2n) is 2.81. The third-order valence-electron chi connectivity index (χ3n) is 1.94. The summed E-state index contributed by atoms with van der Waals surface area (Å²) in [6, 6.07) is 3.31. The Hall–Kier alpha value is -1.43. The highest BCUT2D eigenvalue weighted by Gasteiger charge is 2.14. The Labute approximate surface area is 102 Å². The van der Waals surface area contributed by atoms with E-state index in [-0.39, 0.29) is 4.82 Å². The van der Waals surface area contributed by atoms with E-state index in [9.17, 15) is 4.79 Å². The van der Waals surface area contributed by atoms with E-state index in [0.717, 1.165) is 0 Å². The summed E-state index contributed by atoms with van der Waals surface area (Å²) in [4.78, 5) is 10.6. The van der Waals surface area contributed by atoms with Crippen molar-refractivity contribution in [3.63, 3.8) is 0 Å². The molecule has 1 aromatic rings. The second-order valence-corrected chi connectivity index (χ2v) is 3.53. The minimum Gasteiger partial charge on any atom is -0.496 e. The fraction of sp³-hybridized carbons (Fsp3) is 0.300. The molecular formula is C10H12BrNO4. The maximum atomic E-state index is 11.0. The molecule has 0 spiro atoms. The Morgan fingerprint density at radius 1 is 1.12 bits per heavy atom. The molecule has 88 valence electrons. The van der Waals surface area contributed by atoms with Crippen LogP contribution in [0.2, 0.25) is 0 Å². The van der Waals surface area contributed by atoms with Crippen LogP contribution in [-0.4, -0.2) is 26.1 Å². The molecule has 5 nitrogen and oxygen atoms in total. The molecule has 0 aliphatic rings. The molecule has 0 fully saturated rings. The van der Waals surface area contributed by atoms with E-state index in [2.05, 4.69) is 21.2 Å². The van der Waals surface area contributed by atoms with Crippen LogP contribution in [0.25, 0.3) is 0 Å². The van der Waals surface area contributed by atoms with Gasteiger partial charge in [0.25, 0.3) is 4.82 Å². The molecule has 0 saturated heterocycles. The molecule has 0 atom stereocenters. The van der Waals surface area contributed by atoms with E-state index in [0.29, 0.717) is 22.9 Å². The number of methoxy groups -OCH3 is 3. The second kappa shape index (κ2) is 5.60. The van der Waals surface area contributed by atoms with Crippen molar-refractivity contribution in [2.45, 2.75) is 0 Å². The molecule has 0 saturated carbocycles. The van der Waals surface area contributed by atoms with Gasteiger partial charge in [0.2, 0.25) is 0 Å². The predicted octanol–water partition coefficient (Wildman–Crippen LogP) is 2.64. The number of hydrogen-bond donors (Lipinski definition) is 1. The number of benzene rings is 1. The average Bonchev–Trinajstić information content (AvgIpc) is 2.28. The Bertz CT molecular complexity index is 369. The molecule has 1 aromatic carbocycles. The third-order valence-corrected chi connectivity index (χ3v) is 2.14. The molecular weight excluding hydrogens is 278 g/mol. The van der Waals surface area contributed by atoms with E-state index in [4.69, 9.17) is 14.2 Å². The lowest BCUT2D eigenvalue weighted by molar-refractivity contribution is 0.270. The molecule has 0 aliphatic carbocycles. The fourth-order valence-corrected chi connectivity index (χ4v) is 1.43. The molecule has 1 rings (SSSR count). The maximum absolute atomic E-state index is 11.0. The Kier molecular flexibility index (Phi) is 4.42. The number of ether oxygens (including phenoxy) is 3. The minimum absolute atomic E-state index is 0.380. The summed E-state index contributed by atoms with van der Waals surface area (Å²) in [7, 11) is 4.53. The molecule has 1 amide bonds. The van der Waals surface area contributed by atoms with Gasteiger partial charge in [-0.1, -0.05) is 0 Å². The summed E-state index contributed by atoms with van der Waals surface area (Å²) in [6.45, 7) is 0. The number of carbonyl (C=O) groups excluding carboxylic acids is 1. The van der Waals surface area contributed by atoms with E-state index in [1.54, 1.807) is 12.1 Å². The highest BCUT2D eigenvalue weighted by molar-refractivity contribution is 9.18. The third kappa shape index (κ3) is 2.79. The van der Waals surface area contributed by atoms with E-state index < -0.39 is 0 Å². The van der Waals surface area contributed by atoms with Crippen molar-refractivity contribution in [1.82, 2.24) is 0 Å². The van der Waals surface area contributed by atoms with Gasteiger partial charge in [0.1, 0.15) is 22.9 Å². The zero-order valence-electron chi connectivity index (χ0n) is 9.17. The Morgan fingerprint density at radius 2 is 1.62 bits per heavy atom. The Morgan fingerprint density at radius 3 is 1.94 bits per heavy atom. The predicted molar refractivity (Wildman–Crippen MR) is 64.0 cm³/mol. The first-order valence-corrected chi connectivity index (χ1v) is 5.18. The lowest BCUT2D eigenvalue weighted by Gasteiger charge is -2.14. The lowest BCUT2D eigenvalue weighted by atomic mass is 10.2. The molecule has 0 aliphatic heterocycles. The zero-order valence-corrected chi connectivity index (χ0v) is 10.8. The van der Waals surface area contributed by atoms with Crippen molar-refractivity contribution in [2.75, 3.05) is 26.6 Å². The molecule has 0 radical (unpaired) electrons. The fourth-order valence-electron chi connectivity index (χ4n) is 1.23. The van der Waals surface area contributed by atoms with Crippen LogP contribution < -0.4 is 19.5 Å². The van der Waals surface area contributed by atoms with Gasteiger partial charge in [-0.2, -0.15) is 0 Å². The normalized spacial score (nSPS) is 9.50. The molecule has 0 bridgehead atoms. The number of amides is 1. The van der Waals surface area contributed by atoms with Gasteiger partial charge < -0.3 is 19.5 Å². The number of rotatable bonds is 4. The van der Waals surface area contributed by atoms with Crippen LogP contribution in [0.1, 0.15) is 0 Å². The van der Waals surface area contributed by atoms with E-state index in [1.807, 2.05) is 0 Å². The summed E-state index contributed by atoms with van der Waals surface area (Å²) in [5, 5.41) is 2.57. The van der Waals surface area contributed by atoms with Crippen molar-refractivity contribution >= 4 is 26.4 Å².